The molecule has 2 aromatic carbocycles. The quantitative estimate of drug-likeness (QED) is 0.714. The molecule has 6 nitrogen and oxygen atoms in total. The number of hydrazone groups is 1. The Kier molecular flexibility index (Phi) is 4.75. The molecular formula is C19H15BrN4O2S. The number of carbonyl (C=O) groups excluding carboxylic acids is 1. The van der Waals surface area contributed by atoms with Gasteiger partial charge in [0.05, 0.1) is 5.36 Å². The molecule has 2 aliphatic heterocycles. The number of halogens is 1. The number of fused-ring (bicyclic) bond motifs is 2. The van der Waals surface area contributed by atoms with Crippen LogP contribution in [0.15, 0.2) is 69.7 Å². The van der Waals surface area contributed by atoms with Crippen LogP contribution in [0, 0.1) is 0 Å². The van der Waals surface area contributed by atoms with Crippen LogP contribution < -0.4 is 15.9 Å². The molecule has 8 heteroatoms. The molecule has 0 saturated carbocycles. The first-order valence-electron chi connectivity index (χ1n) is 8.16. The summed E-state index contributed by atoms with van der Waals surface area (Å²) in [6, 6.07) is 12.4. The summed E-state index contributed by atoms with van der Waals surface area (Å²) in [5.41, 5.74) is 1.17. The number of amides is 1. The first kappa shape index (κ1) is 17.8. The van der Waals surface area contributed by atoms with E-state index < -0.39 is 6.17 Å². The lowest BCUT2D eigenvalue weighted by Gasteiger charge is -2.34. The zero-order valence-electron chi connectivity index (χ0n) is 14.1. The zero-order chi connectivity index (χ0) is 19.0. The lowest BCUT2D eigenvalue weighted by molar-refractivity contribution is -0.116. The van der Waals surface area contributed by atoms with Crippen LogP contribution in [-0.2, 0) is 4.79 Å². The maximum atomic E-state index is 12.9. The average molecular weight is 443 g/mol. The second-order valence-electron chi connectivity index (χ2n) is 5.91. The molecule has 0 spiro atoms. The van der Waals surface area contributed by atoms with Crippen LogP contribution in [-0.4, -0.2) is 26.9 Å². The first-order valence-corrected chi connectivity index (χ1v) is 9.94. The van der Waals surface area contributed by atoms with Gasteiger partial charge in [-0.15, -0.1) is 11.7 Å². The highest BCUT2D eigenvalue weighted by Gasteiger charge is 2.34. The zero-order valence-corrected chi connectivity index (χ0v) is 16.5. The Morgan fingerprint density at radius 1 is 1.33 bits per heavy atom. The van der Waals surface area contributed by atoms with Crippen molar-refractivity contribution in [1.82, 2.24) is 10.3 Å². The van der Waals surface area contributed by atoms with E-state index in [9.17, 15) is 9.90 Å². The first-order chi connectivity index (χ1) is 13.1. The van der Waals surface area contributed by atoms with E-state index in [1.54, 1.807) is 29.3 Å². The number of thioether (sulfide) groups is 1. The van der Waals surface area contributed by atoms with Crippen LogP contribution >= 0.6 is 27.7 Å². The summed E-state index contributed by atoms with van der Waals surface area (Å²) >= 11 is 4.84. The van der Waals surface area contributed by atoms with E-state index in [0.29, 0.717) is 27.2 Å². The van der Waals surface area contributed by atoms with Crippen LogP contribution in [0.1, 0.15) is 11.7 Å². The molecule has 2 aliphatic rings. The molecule has 2 N–H and O–H groups in total. The lowest BCUT2D eigenvalue weighted by Crippen LogP contribution is -2.50. The maximum absolute atomic E-state index is 12.9. The summed E-state index contributed by atoms with van der Waals surface area (Å²) in [7, 11) is 0. The third kappa shape index (κ3) is 3.38. The van der Waals surface area contributed by atoms with Gasteiger partial charge in [-0.2, -0.15) is 0 Å². The number of hydrogen-bond acceptors (Lipinski definition) is 6. The number of nitrogens with zero attached hydrogens (tertiary/aromatic N) is 3. The predicted octanol–water partition coefficient (Wildman–Crippen LogP) is 2.22. The van der Waals surface area contributed by atoms with Crippen molar-refractivity contribution in [2.75, 3.05) is 5.75 Å². The molecule has 1 amide bonds. The average Bonchev–Trinajstić information content (AvgIpc) is 2.65. The minimum absolute atomic E-state index is 0.137. The number of amidine groups is 1. The van der Waals surface area contributed by atoms with E-state index in [2.05, 4.69) is 32.9 Å². The van der Waals surface area contributed by atoms with Gasteiger partial charge in [0.2, 0.25) is 0 Å². The van der Waals surface area contributed by atoms with Gasteiger partial charge in [-0.1, -0.05) is 45.9 Å². The van der Waals surface area contributed by atoms with Gasteiger partial charge in [-0.05, 0) is 30.3 Å². The van der Waals surface area contributed by atoms with Crippen molar-refractivity contribution in [2.24, 2.45) is 10.1 Å². The van der Waals surface area contributed by atoms with E-state index in [1.165, 1.54) is 11.8 Å². The molecule has 0 aromatic heterocycles. The third-order valence-corrected chi connectivity index (χ3v) is 5.43. The van der Waals surface area contributed by atoms with E-state index in [1.807, 2.05) is 24.3 Å². The van der Waals surface area contributed by atoms with Gasteiger partial charge < -0.3 is 5.11 Å². The van der Waals surface area contributed by atoms with Gasteiger partial charge in [-0.25, -0.2) is 5.01 Å². The molecule has 2 heterocycles. The van der Waals surface area contributed by atoms with Crippen molar-refractivity contribution in [2.45, 2.75) is 6.17 Å². The van der Waals surface area contributed by atoms with Gasteiger partial charge in [0, 0.05) is 21.0 Å². The topological polar surface area (TPSA) is 77.3 Å². The minimum Gasteiger partial charge on any atom is -0.508 e. The Bertz CT molecular complexity index is 1100. The Morgan fingerprint density at radius 2 is 2.19 bits per heavy atom. The summed E-state index contributed by atoms with van der Waals surface area (Å²) in [4.78, 5) is 17.7. The number of benzene rings is 2. The summed E-state index contributed by atoms with van der Waals surface area (Å²) < 4.78 is 0.850. The summed E-state index contributed by atoms with van der Waals surface area (Å²) in [6.45, 7) is 3.70. The predicted molar refractivity (Wildman–Crippen MR) is 109 cm³/mol. The van der Waals surface area contributed by atoms with Crippen molar-refractivity contribution in [1.29, 1.82) is 0 Å². The number of phenolic OH excluding ortho intramolecular Hbond substituents is 1. The van der Waals surface area contributed by atoms with Crippen molar-refractivity contribution in [3.63, 3.8) is 0 Å². The fraction of sp³-hybridized carbons (Fsp3) is 0.105. The van der Waals surface area contributed by atoms with Crippen molar-refractivity contribution in [3.05, 3.63) is 75.7 Å². The lowest BCUT2D eigenvalue weighted by atomic mass is 10.1. The number of hydrogen-bond donors (Lipinski definition) is 2. The number of aromatic hydroxyl groups is 1. The Labute approximate surface area is 168 Å². The number of carbonyl (C=O) groups is 1. The molecule has 0 bridgehead atoms. The summed E-state index contributed by atoms with van der Waals surface area (Å²) in [5.74, 6) is 0.520. The minimum atomic E-state index is -0.550. The van der Waals surface area contributed by atoms with Crippen molar-refractivity contribution >= 4 is 44.5 Å². The van der Waals surface area contributed by atoms with E-state index in [0.717, 1.165) is 10.0 Å². The molecule has 0 saturated heterocycles. The highest BCUT2D eigenvalue weighted by atomic mass is 79.9. The van der Waals surface area contributed by atoms with Crippen LogP contribution in [0.5, 0.6) is 5.75 Å². The molecule has 1 unspecified atom stereocenters. The van der Waals surface area contributed by atoms with Crippen molar-refractivity contribution < 1.29 is 9.90 Å². The monoisotopic (exact) mass is 442 g/mol. The second-order valence-corrected chi connectivity index (χ2v) is 7.84. The largest absolute Gasteiger partial charge is 0.508 e. The fourth-order valence-electron chi connectivity index (χ4n) is 2.96. The molecule has 0 radical (unpaired) electrons. The normalized spacial score (nSPS) is 18.0. The molecule has 1 atom stereocenters. The summed E-state index contributed by atoms with van der Waals surface area (Å²) in [5, 5.41) is 20.8. The number of phenols is 1. The molecule has 4 rings (SSSR count). The molecule has 136 valence electrons. The number of nitrogens with one attached hydrogen (secondary N) is 1. The molecule has 2 aromatic rings. The highest BCUT2D eigenvalue weighted by Crippen LogP contribution is 2.32. The Balaban J connectivity index is 1.94. The van der Waals surface area contributed by atoms with Crippen molar-refractivity contribution in [3.8, 4) is 5.75 Å². The highest BCUT2D eigenvalue weighted by molar-refractivity contribution is 9.10. The van der Waals surface area contributed by atoms with Crippen LogP contribution in [0.25, 0.3) is 5.70 Å². The standard InChI is InChI=1S/C19H15BrN4O2S/c1-2-8-27-19-22-18(26)16-14-10-12(20)6-7-15(14)21-17(24(16)23-19)11-4-3-5-13(25)9-11/h2-7,9-10,17,25H,1,8H2,(H,22,23,26). The summed E-state index contributed by atoms with van der Waals surface area (Å²) in [6.07, 6.45) is 1.20. The van der Waals surface area contributed by atoms with Crippen LogP contribution in [0.3, 0.4) is 0 Å². The van der Waals surface area contributed by atoms with E-state index in [-0.39, 0.29) is 11.7 Å². The van der Waals surface area contributed by atoms with Gasteiger partial charge in [0.1, 0.15) is 11.4 Å². The van der Waals surface area contributed by atoms with Crippen LogP contribution in [0.4, 0.5) is 0 Å². The second kappa shape index (κ2) is 7.21. The van der Waals surface area contributed by atoms with E-state index in [4.69, 9.17) is 4.99 Å². The van der Waals surface area contributed by atoms with Gasteiger partial charge in [-0.3, -0.25) is 15.1 Å². The molecule has 27 heavy (non-hydrogen) atoms. The van der Waals surface area contributed by atoms with Gasteiger partial charge in [0.25, 0.3) is 5.91 Å². The third-order valence-electron chi connectivity index (χ3n) is 4.08. The molecular weight excluding hydrogens is 428 g/mol. The van der Waals surface area contributed by atoms with Gasteiger partial charge >= 0.3 is 0 Å². The molecule has 0 aliphatic carbocycles. The SMILES string of the molecule is C=CCSC1=NN2C(=c3cc(Br)ccc3=NC2c2cccc(O)c2)C(=O)N1. The fourth-order valence-corrected chi connectivity index (χ4v) is 3.90. The van der Waals surface area contributed by atoms with Crippen LogP contribution in [0.2, 0.25) is 0 Å². The number of rotatable bonds is 3. The molecule has 0 fully saturated rings. The van der Waals surface area contributed by atoms with E-state index >= 15 is 0 Å². The smallest absolute Gasteiger partial charge is 0.276 e. The maximum Gasteiger partial charge on any atom is 0.276 e. The van der Waals surface area contributed by atoms with Gasteiger partial charge in [0.15, 0.2) is 11.3 Å². The Morgan fingerprint density at radius 3 is 2.96 bits per heavy atom. The Hall–Kier alpha value is -2.58.